The molecule has 0 aliphatic heterocycles. The van der Waals surface area contributed by atoms with Gasteiger partial charge in [0.05, 0.1) is 23.9 Å². The third-order valence-corrected chi connectivity index (χ3v) is 4.34. The van der Waals surface area contributed by atoms with Crippen LogP contribution in [0.1, 0.15) is 10.4 Å². The molecule has 5 heteroatoms. The molecular formula is C18H15NO3S. The zero-order valence-electron chi connectivity index (χ0n) is 12.7. The quantitative estimate of drug-likeness (QED) is 0.723. The number of carbonyl (C=O) groups is 1. The summed E-state index contributed by atoms with van der Waals surface area (Å²) in [5.41, 5.74) is 2.37. The number of benzene rings is 2. The van der Waals surface area contributed by atoms with Gasteiger partial charge in [-0.25, -0.2) is 9.78 Å². The summed E-state index contributed by atoms with van der Waals surface area (Å²) in [7, 11) is 1.60. The summed E-state index contributed by atoms with van der Waals surface area (Å²) in [5, 5.41) is 10.2. The number of carboxylic acid groups (broad SMARTS) is 1. The zero-order chi connectivity index (χ0) is 16.4. The Morgan fingerprint density at radius 1 is 1.17 bits per heavy atom. The minimum absolute atomic E-state index is 0.250. The van der Waals surface area contributed by atoms with Gasteiger partial charge in [-0.1, -0.05) is 18.2 Å². The van der Waals surface area contributed by atoms with Crippen molar-refractivity contribution in [2.24, 2.45) is 0 Å². The van der Waals surface area contributed by atoms with Crippen LogP contribution in [0.2, 0.25) is 0 Å². The molecule has 0 aliphatic carbocycles. The SMILES string of the molecule is COc1cccc(-c2cc(C(=O)O)c3ccc(SC)cc3n2)c1. The fraction of sp³-hybridized carbons (Fsp3) is 0.111. The van der Waals surface area contributed by atoms with Crippen molar-refractivity contribution in [3.05, 3.63) is 54.1 Å². The summed E-state index contributed by atoms with van der Waals surface area (Å²) >= 11 is 1.60. The Morgan fingerprint density at radius 3 is 2.70 bits per heavy atom. The van der Waals surface area contributed by atoms with Crippen LogP contribution in [0.3, 0.4) is 0 Å². The number of nitrogens with zero attached hydrogens (tertiary/aromatic N) is 1. The lowest BCUT2D eigenvalue weighted by Crippen LogP contribution is -2.00. The molecule has 1 heterocycles. The van der Waals surface area contributed by atoms with Gasteiger partial charge in [-0.3, -0.25) is 0 Å². The first-order valence-electron chi connectivity index (χ1n) is 6.99. The van der Waals surface area contributed by atoms with E-state index in [1.54, 1.807) is 24.9 Å². The van der Waals surface area contributed by atoms with Gasteiger partial charge in [0.25, 0.3) is 0 Å². The topological polar surface area (TPSA) is 59.4 Å². The summed E-state index contributed by atoms with van der Waals surface area (Å²) < 4.78 is 5.23. The van der Waals surface area contributed by atoms with Crippen molar-refractivity contribution in [2.45, 2.75) is 4.90 Å². The van der Waals surface area contributed by atoms with Crippen LogP contribution in [0, 0.1) is 0 Å². The molecule has 0 atom stereocenters. The molecule has 3 aromatic rings. The minimum atomic E-state index is -0.960. The Kier molecular flexibility index (Phi) is 4.21. The van der Waals surface area contributed by atoms with Gasteiger partial charge in [0.2, 0.25) is 0 Å². The lowest BCUT2D eigenvalue weighted by Gasteiger charge is -2.09. The average Bonchev–Trinajstić information content (AvgIpc) is 2.60. The maximum Gasteiger partial charge on any atom is 0.336 e. The van der Waals surface area contributed by atoms with Gasteiger partial charge < -0.3 is 9.84 Å². The van der Waals surface area contributed by atoms with Crippen molar-refractivity contribution in [1.82, 2.24) is 4.98 Å². The molecule has 3 rings (SSSR count). The van der Waals surface area contributed by atoms with Gasteiger partial charge in [-0.2, -0.15) is 0 Å². The second kappa shape index (κ2) is 6.30. The van der Waals surface area contributed by atoms with E-state index >= 15 is 0 Å². The Bertz CT molecular complexity index is 893. The zero-order valence-corrected chi connectivity index (χ0v) is 13.6. The molecule has 0 bridgehead atoms. The van der Waals surface area contributed by atoms with Gasteiger partial charge in [0.15, 0.2) is 0 Å². The molecule has 0 radical (unpaired) electrons. The van der Waals surface area contributed by atoms with E-state index in [-0.39, 0.29) is 5.56 Å². The summed E-state index contributed by atoms with van der Waals surface area (Å²) in [6, 6.07) is 14.7. The van der Waals surface area contributed by atoms with Crippen LogP contribution < -0.4 is 4.74 Å². The summed E-state index contributed by atoms with van der Waals surface area (Å²) in [6.07, 6.45) is 1.98. The van der Waals surface area contributed by atoms with Crippen molar-refractivity contribution in [3.63, 3.8) is 0 Å². The van der Waals surface area contributed by atoms with Gasteiger partial charge in [0.1, 0.15) is 5.75 Å². The van der Waals surface area contributed by atoms with E-state index in [0.29, 0.717) is 22.3 Å². The van der Waals surface area contributed by atoms with Crippen LogP contribution in [0.5, 0.6) is 5.75 Å². The molecule has 23 heavy (non-hydrogen) atoms. The molecule has 0 spiro atoms. The number of carboxylic acids is 1. The first kappa shape index (κ1) is 15.4. The van der Waals surface area contributed by atoms with Gasteiger partial charge in [-0.05, 0) is 36.6 Å². The number of hydrogen-bond donors (Lipinski definition) is 1. The van der Waals surface area contributed by atoms with E-state index in [9.17, 15) is 9.90 Å². The number of rotatable bonds is 4. The number of methoxy groups -OCH3 is 1. The van der Waals surface area contributed by atoms with E-state index in [1.165, 1.54) is 0 Å². The molecule has 0 unspecified atom stereocenters. The number of hydrogen-bond acceptors (Lipinski definition) is 4. The number of aromatic carboxylic acids is 1. The monoisotopic (exact) mass is 325 g/mol. The molecule has 0 saturated heterocycles. The van der Waals surface area contributed by atoms with Crippen LogP contribution in [-0.4, -0.2) is 29.4 Å². The third kappa shape index (κ3) is 3.00. The number of pyridine rings is 1. The second-order valence-corrected chi connectivity index (χ2v) is 5.85. The molecule has 0 saturated carbocycles. The first-order chi connectivity index (χ1) is 11.1. The molecule has 0 amide bonds. The summed E-state index contributed by atoms with van der Waals surface area (Å²) in [6.45, 7) is 0. The van der Waals surface area contributed by atoms with Crippen molar-refractivity contribution >= 4 is 28.6 Å². The number of aromatic nitrogens is 1. The molecule has 1 aromatic heterocycles. The van der Waals surface area contributed by atoms with Gasteiger partial charge in [0, 0.05) is 15.8 Å². The maximum absolute atomic E-state index is 11.6. The minimum Gasteiger partial charge on any atom is -0.497 e. The normalized spacial score (nSPS) is 10.7. The highest BCUT2D eigenvalue weighted by molar-refractivity contribution is 7.98. The molecule has 0 fully saturated rings. The van der Waals surface area contributed by atoms with Crippen LogP contribution in [0.4, 0.5) is 0 Å². The predicted octanol–water partition coefficient (Wildman–Crippen LogP) is 4.33. The highest BCUT2D eigenvalue weighted by Gasteiger charge is 2.13. The summed E-state index contributed by atoms with van der Waals surface area (Å²) in [4.78, 5) is 17.3. The van der Waals surface area contributed by atoms with Crippen molar-refractivity contribution in [1.29, 1.82) is 0 Å². The van der Waals surface area contributed by atoms with Gasteiger partial charge in [-0.15, -0.1) is 11.8 Å². The van der Waals surface area contributed by atoms with E-state index < -0.39 is 5.97 Å². The number of ether oxygens (including phenoxy) is 1. The average molecular weight is 325 g/mol. The molecule has 4 nitrogen and oxygen atoms in total. The van der Waals surface area contributed by atoms with E-state index in [4.69, 9.17) is 4.74 Å². The van der Waals surface area contributed by atoms with Crippen molar-refractivity contribution in [3.8, 4) is 17.0 Å². The van der Waals surface area contributed by atoms with E-state index in [1.807, 2.05) is 48.7 Å². The third-order valence-electron chi connectivity index (χ3n) is 3.61. The predicted molar refractivity (Wildman–Crippen MR) is 92.5 cm³/mol. The smallest absolute Gasteiger partial charge is 0.336 e. The highest BCUT2D eigenvalue weighted by Crippen LogP contribution is 2.29. The number of fused-ring (bicyclic) bond motifs is 1. The summed E-state index contributed by atoms with van der Waals surface area (Å²) in [5.74, 6) is -0.252. The Balaban J connectivity index is 2.26. The molecule has 0 aliphatic rings. The molecule has 1 N–H and O–H groups in total. The maximum atomic E-state index is 11.6. The van der Waals surface area contributed by atoms with E-state index in [2.05, 4.69) is 4.98 Å². The van der Waals surface area contributed by atoms with Crippen molar-refractivity contribution < 1.29 is 14.6 Å². The lowest BCUT2D eigenvalue weighted by molar-refractivity contribution is 0.0699. The Labute approximate surface area is 138 Å². The van der Waals surface area contributed by atoms with Crippen molar-refractivity contribution in [2.75, 3.05) is 13.4 Å². The van der Waals surface area contributed by atoms with Gasteiger partial charge >= 0.3 is 5.97 Å². The lowest BCUT2D eigenvalue weighted by atomic mass is 10.0. The Morgan fingerprint density at radius 2 is 2.00 bits per heavy atom. The second-order valence-electron chi connectivity index (χ2n) is 4.98. The number of thioether (sulfide) groups is 1. The van der Waals surface area contributed by atoms with Crippen LogP contribution in [0.25, 0.3) is 22.2 Å². The standard InChI is InChI=1S/C18H15NO3S/c1-22-12-5-3-4-11(8-12)16-10-15(18(20)21)14-7-6-13(23-2)9-17(14)19-16/h3-10H,1-2H3,(H,20,21). The largest absolute Gasteiger partial charge is 0.497 e. The Hall–Kier alpha value is -2.53. The molecular weight excluding hydrogens is 310 g/mol. The van der Waals surface area contributed by atoms with Crippen LogP contribution in [-0.2, 0) is 0 Å². The fourth-order valence-electron chi connectivity index (χ4n) is 2.44. The molecule has 116 valence electrons. The fourth-order valence-corrected chi connectivity index (χ4v) is 2.88. The van der Waals surface area contributed by atoms with Crippen LogP contribution in [0.15, 0.2) is 53.4 Å². The highest BCUT2D eigenvalue weighted by atomic mass is 32.2. The molecule has 2 aromatic carbocycles. The van der Waals surface area contributed by atoms with E-state index in [0.717, 1.165) is 10.5 Å². The first-order valence-corrected chi connectivity index (χ1v) is 8.21. The van der Waals surface area contributed by atoms with Crippen LogP contribution >= 0.6 is 11.8 Å².